The molecule has 0 aliphatic carbocycles. The van der Waals surface area contributed by atoms with Gasteiger partial charge in [-0.2, -0.15) is 0 Å². The first-order valence-corrected chi connectivity index (χ1v) is 16.7. The number of ether oxygens (including phenoxy) is 3. The summed E-state index contributed by atoms with van der Waals surface area (Å²) in [5.74, 6) is 0. The topological polar surface area (TPSA) is 160 Å². The Morgan fingerprint density at radius 2 is 0.766 bits per heavy atom. The molecule has 13 nitrogen and oxygen atoms in total. The second-order valence-electron chi connectivity index (χ2n) is 9.82. The van der Waals surface area contributed by atoms with E-state index in [9.17, 15) is 18.9 Å². The number of amides is 3. The molecule has 0 aliphatic heterocycles. The lowest BCUT2D eigenvalue weighted by Crippen LogP contribution is -2.34. The van der Waals surface area contributed by atoms with Crippen molar-refractivity contribution in [2.45, 2.75) is 38.9 Å². The van der Waals surface area contributed by atoms with Gasteiger partial charge < -0.3 is 30.2 Å². The van der Waals surface area contributed by atoms with Crippen LogP contribution in [0.3, 0.4) is 0 Å². The third-order valence-corrected chi connectivity index (χ3v) is 7.90. The molecule has 0 bridgehead atoms. The monoisotopic (exact) mass is 671 g/mol. The maximum Gasteiger partial charge on any atom is 0.475 e. The van der Waals surface area contributed by atoms with Crippen molar-refractivity contribution in [2.24, 2.45) is 0 Å². The van der Waals surface area contributed by atoms with Crippen molar-refractivity contribution in [1.29, 1.82) is 0 Å². The maximum atomic E-state index is 14.4. The molecule has 3 rings (SSSR count). The number of hydrogen-bond acceptors (Lipinski definition) is 10. The molecule has 0 aromatic heterocycles. The van der Waals surface area contributed by atoms with Crippen LogP contribution < -0.4 is 16.0 Å². The van der Waals surface area contributed by atoms with Crippen LogP contribution in [-0.4, -0.2) is 57.9 Å². The highest BCUT2D eigenvalue weighted by molar-refractivity contribution is 7.48. The summed E-state index contributed by atoms with van der Waals surface area (Å²) in [6, 6.07) is 24.2. The lowest BCUT2D eigenvalue weighted by atomic mass is 10.1. The summed E-state index contributed by atoms with van der Waals surface area (Å²) in [5, 5.41) is 8.11. The quantitative estimate of drug-likeness (QED) is 0.0992. The summed E-state index contributed by atoms with van der Waals surface area (Å²) in [6.45, 7) is 4.40. The lowest BCUT2D eigenvalue weighted by Gasteiger charge is -2.26. The summed E-state index contributed by atoms with van der Waals surface area (Å²) >= 11 is 0. The number of nitrogens with one attached hydrogen (secondary N) is 3. The van der Waals surface area contributed by atoms with Gasteiger partial charge in [0.05, 0.1) is 57.8 Å². The van der Waals surface area contributed by atoms with Crippen LogP contribution in [0.5, 0.6) is 0 Å². The van der Waals surface area contributed by atoms with Gasteiger partial charge >= 0.3 is 26.1 Å². The number of rotatable bonds is 18. The predicted octanol–water partition coefficient (Wildman–Crippen LogP) is 6.61. The average Bonchev–Trinajstić information content (AvgIpc) is 3.08. The van der Waals surface area contributed by atoms with Crippen LogP contribution in [0, 0.1) is 0 Å². The molecule has 47 heavy (non-hydrogen) atoms. The fourth-order valence-electron chi connectivity index (χ4n) is 4.27. The second kappa shape index (κ2) is 20.0. The number of phosphoric acid groups is 1. The number of alkyl carbamates (subject to hydrolysis) is 3. The summed E-state index contributed by atoms with van der Waals surface area (Å²) in [6.07, 6.45) is -2.11. The van der Waals surface area contributed by atoms with E-state index in [0.29, 0.717) is 16.7 Å². The Hall–Kier alpha value is -4.42. The molecule has 3 aromatic rings. The molecule has 0 saturated carbocycles. The van der Waals surface area contributed by atoms with Crippen LogP contribution >= 0.6 is 7.82 Å². The molecule has 14 heteroatoms. The van der Waals surface area contributed by atoms with Gasteiger partial charge in [-0.3, -0.25) is 13.6 Å². The highest BCUT2D eigenvalue weighted by Crippen LogP contribution is 2.51. The van der Waals surface area contributed by atoms with Gasteiger partial charge in [-0.25, -0.2) is 18.9 Å². The third-order valence-electron chi connectivity index (χ3n) is 6.51. The first kappa shape index (κ1) is 37.0. The molecule has 3 N–H and O–H groups in total. The van der Waals surface area contributed by atoms with E-state index in [1.54, 1.807) is 93.6 Å². The summed E-state index contributed by atoms with van der Waals surface area (Å²) < 4.78 is 47.1. The van der Waals surface area contributed by atoms with Crippen molar-refractivity contribution in [2.75, 3.05) is 39.6 Å². The summed E-state index contributed by atoms with van der Waals surface area (Å²) in [5.41, 5.74) is 1.93. The van der Waals surface area contributed by atoms with Gasteiger partial charge in [-0.1, -0.05) is 91.0 Å². The van der Waals surface area contributed by atoms with Crippen molar-refractivity contribution >= 4 is 26.1 Å². The Balaban J connectivity index is 1.89. The van der Waals surface area contributed by atoms with Crippen LogP contribution in [0.25, 0.3) is 0 Å². The predicted molar refractivity (Wildman–Crippen MR) is 173 cm³/mol. The number of phosphoric ester groups is 1. The number of hydrogen-bond donors (Lipinski definition) is 3. The van der Waals surface area contributed by atoms with Crippen molar-refractivity contribution in [3.05, 3.63) is 108 Å². The van der Waals surface area contributed by atoms with Gasteiger partial charge in [0.15, 0.2) is 0 Å². The van der Waals surface area contributed by atoms with E-state index in [0.717, 1.165) is 0 Å². The molecule has 0 fully saturated rings. The van der Waals surface area contributed by atoms with Gasteiger partial charge in [0, 0.05) is 0 Å². The van der Waals surface area contributed by atoms with E-state index in [1.165, 1.54) is 0 Å². The summed E-state index contributed by atoms with van der Waals surface area (Å²) in [7, 11) is -4.50. The highest BCUT2D eigenvalue weighted by atomic mass is 31.2. The second-order valence-corrected chi connectivity index (χ2v) is 11.5. The highest BCUT2D eigenvalue weighted by Gasteiger charge is 2.33. The summed E-state index contributed by atoms with van der Waals surface area (Å²) in [4.78, 5) is 37.1. The zero-order chi connectivity index (χ0) is 33.9. The standard InChI is InChI=1S/C33H42N3O10P/c1-4-41-31(37)34-28(25-16-10-7-11-17-25)22-44-47(40,45-23-29(35-32(38)42-5-2)26-18-12-8-13-19-26)46-24-30(36-33(39)43-6-3)27-20-14-9-15-21-27/h7-21,28-30H,4-6,22-24H2,1-3H3,(H,34,37)(H,35,38)(H,36,39)/t28-,29-,30-/m0/s1. The van der Waals surface area contributed by atoms with Crippen molar-refractivity contribution < 1.29 is 46.7 Å². The Morgan fingerprint density at radius 3 is 1.00 bits per heavy atom. The molecule has 0 saturated heterocycles. The fourth-order valence-corrected chi connectivity index (χ4v) is 5.49. The van der Waals surface area contributed by atoms with E-state index < -0.39 is 44.2 Å². The van der Waals surface area contributed by atoms with Gasteiger partial charge in [0.25, 0.3) is 0 Å². The van der Waals surface area contributed by atoms with Crippen LogP contribution in [0.1, 0.15) is 55.6 Å². The maximum absolute atomic E-state index is 14.4. The van der Waals surface area contributed by atoms with Gasteiger partial charge in [0.2, 0.25) is 0 Å². The molecular formula is C33H42N3O10P. The Kier molecular flexibility index (Phi) is 15.7. The normalized spacial score (nSPS) is 13.0. The average molecular weight is 672 g/mol. The number of carbonyl (C=O) groups is 3. The van der Waals surface area contributed by atoms with Gasteiger partial charge in [0.1, 0.15) is 0 Å². The minimum atomic E-state index is -4.50. The van der Waals surface area contributed by atoms with Crippen molar-refractivity contribution in [1.82, 2.24) is 16.0 Å². The lowest BCUT2D eigenvalue weighted by molar-refractivity contribution is 0.0833. The van der Waals surface area contributed by atoms with Crippen LogP contribution in [0.2, 0.25) is 0 Å². The Morgan fingerprint density at radius 1 is 0.511 bits per heavy atom. The van der Waals surface area contributed by atoms with E-state index in [1.807, 2.05) is 18.2 Å². The molecule has 3 atom stereocenters. The molecule has 0 radical (unpaired) electrons. The molecule has 0 aliphatic rings. The largest absolute Gasteiger partial charge is 0.475 e. The number of benzene rings is 3. The SMILES string of the molecule is CCOC(=O)N[C@@H](COP(=O)(OC[C@H](NC(=O)OCC)c1ccccc1)OC[C@H](NC(=O)OCC)c1ccccc1)c1ccccc1. The van der Waals surface area contributed by atoms with Crippen molar-refractivity contribution in [3.8, 4) is 0 Å². The van der Waals surface area contributed by atoms with E-state index in [4.69, 9.17) is 27.8 Å². The third kappa shape index (κ3) is 13.1. The minimum Gasteiger partial charge on any atom is -0.450 e. The zero-order valence-electron chi connectivity index (χ0n) is 26.7. The molecule has 0 heterocycles. The number of carbonyl (C=O) groups excluding carboxylic acids is 3. The van der Waals surface area contributed by atoms with Gasteiger partial charge in [-0.15, -0.1) is 0 Å². The molecule has 3 amide bonds. The van der Waals surface area contributed by atoms with Crippen LogP contribution in [0.4, 0.5) is 14.4 Å². The first-order valence-electron chi connectivity index (χ1n) is 15.2. The molecule has 0 unspecified atom stereocenters. The minimum absolute atomic E-state index is 0.140. The molecule has 3 aromatic carbocycles. The van der Waals surface area contributed by atoms with E-state index in [2.05, 4.69) is 16.0 Å². The van der Waals surface area contributed by atoms with Crippen LogP contribution in [-0.2, 0) is 32.3 Å². The molecular weight excluding hydrogens is 629 g/mol. The molecule has 0 spiro atoms. The van der Waals surface area contributed by atoms with E-state index in [-0.39, 0.29) is 39.6 Å². The van der Waals surface area contributed by atoms with Crippen LogP contribution in [0.15, 0.2) is 91.0 Å². The van der Waals surface area contributed by atoms with Crippen molar-refractivity contribution in [3.63, 3.8) is 0 Å². The molecule has 254 valence electrons. The first-order chi connectivity index (χ1) is 22.8. The Bertz CT molecular complexity index is 1250. The Labute approximate surface area is 274 Å². The fraction of sp³-hybridized carbons (Fsp3) is 0.364. The van der Waals surface area contributed by atoms with E-state index >= 15 is 0 Å². The van der Waals surface area contributed by atoms with Gasteiger partial charge in [-0.05, 0) is 37.5 Å². The zero-order valence-corrected chi connectivity index (χ0v) is 27.6. The smallest absolute Gasteiger partial charge is 0.450 e.